The van der Waals surface area contributed by atoms with Crippen LogP contribution in [0.25, 0.3) is 0 Å². The van der Waals surface area contributed by atoms with Crippen LogP contribution in [-0.2, 0) is 11.3 Å². The molecule has 0 saturated carbocycles. The molecule has 0 aromatic heterocycles. The number of carbonyl (C=O) groups excluding carboxylic acids is 1. The Morgan fingerprint density at radius 2 is 1.67 bits per heavy atom. The second-order valence-electron chi connectivity index (χ2n) is 6.23. The minimum Gasteiger partial charge on any atom is -0.489 e. The normalized spacial score (nSPS) is 12.4. The smallest absolute Gasteiger partial charge is 0.425 e. The summed E-state index contributed by atoms with van der Waals surface area (Å²) >= 11 is 0. The molecule has 0 amide bonds. The number of esters is 1. The number of hydrogen-bond donors (Lipinski definition) is 0. The van der Waals surface area contributed by atoms with Gasteiger partial charge in [-0.2, -0.15) is 13.2 Å². The van der Waals surface area contributed by atoms with E-state index in [9.17, 15) is 18.0 Å². The second-order valence-corrected chi connectivity index (χ2v) is 6.23. The van der Waals surface area contributed by atoms with Gasteiger partial charge in [0.05, 0.1) is 5.56 Å². The van der Waals surface area contributed by atoms with Gasteiger partial charge in [0.1, 0.15) is 12.4 Å². The van der Waals surface area contributed by atoms with Gasteiger partial charge in [0.25, 0.3) is 0 Å². The van der Waals surface area contributed by atoms with Crippen molar-refractivity contribution in [3.05, 3.63) is 65.7 Å². The highest BCUT2D eigenvalue weighted by molar-refractivity contribution is 5.89. The Kier molecular flexibility index (Phi) is 7.70. The molecule has 0 saturated heterocycles. The van der Waals surface area contributed by atoms with Gasteiger partial charge in [0.15, 0.2) is 6.10 Å². The molecule has 0 radical (unpaired) electrons. The minimum absolute atomic E-state index is 0.0619. The Morgan fingerprint density at radius 1 is 1.00 bits per heavy atom. The number of benzene rings is 2. The van der Waals surface area contributed by atoms with Crippen molar-refractivity contribution >= 4 is 5.97 Å². The summed E-state index contributed by atoms with van der Waals surface area (Å²) < 4.78 is 49.5. The molecule has 0 spiro atoms. The zero-order valence-electron chi connectivity index (χ0n) is 15.2. The van der Waals surface area contributed by atoms with E-state index in [1.807, 2.05) is 37.3 Å². The van der Waals surface area contributed by atoms with Crippen molar-refractivity contribution in [2.24, 2.45) is 0 Å². The summed E-state index contributed by atoms with van der Waals surface area (Å²) in [6.07, 6.45) is -5.05. The second kappa shape index (κ2) is 10.00. The summed E-state index contributed by atoms with van der Waals surface area (Å²) in [5, 5.41) is 0. The molecule has 0 aliphatic rings. The maximum absolute atomic E-state index is 13.1. The number of halogens is 3. The third-order valence-corrected chi connectivity index (χ3v) is 4.02. The fraction of sp³-hybridized carbons (Fsp3) is 0.381. The lowest BCUT2D eigenvalue weighted by molar-refractivity contribution is -0.206. The molecular weight excluding hydrogens is 357 g/mol. The first-order valence-corrected chi connectivity index (χ1v) is 8.94. The standard InChI is InChI=1S/C21H23F3O3/c1-2-3-5-10-19(21(22,23)24)27-20(25)17-11-13-18(14-12-17)26-15-16-8-6-4-7-9-16/h4,6-9,11-14,19H,2-3,5,10,15H2,1H3. The van der Waals surface area contributed by atoms with Crippen LogP contribution < -0.4 is 4.74 Å². The lowest BCUT2D eigenvalue weighted by Gasteiger charge is -2.20. The van der Waals surface area contributed by atoms with E-state index >= 15 is 0 Å². The highest BCUT2D eigenvalue weighted by Crippen LogP contribution is 2.28. The largest absolute Gasteiger partial charge is 0.489 e. The molecule has 2 aromatic rings. The molecule has 1 unspecified atom stereocenters. The van der Waals surface area contributed by atoms with E-state index in [4.69, 9.17) is 9.47 Å². The van der Waals surface area contributed by atoms with Gasteiger partial charge >= 0.3 is 12.1 Å². The van der Waals surface area contributed by atoms with Crippen molar-refractivity contribution in [3.8, 4) is 5.75 Å². The fourth-order valence-electron chi connectivity index (χ4n) is 2.49. The third-order valence-electron chi connectivity index (χ3n) is 4.02. The number of unbranched alkanes of at least 4 members (excludes halogenated alkanes) is 2. The van der Waals surface area contributed by atoms with Crippen LogP contribution in [0, 0.1) is 0 Å². The van der Waals surface area contributed by atoms with Crippen LogP contribution in [0.2, 0.25) is 0 Å². The maximum Gasteiger partial charge on any atom is 0.425 e. The number of hydrogen-bond acceptors (Lipinski definition) is 3. The van der Waals surface area contributed by atoms with Crippen molar-refractivity contribution in [2.45, 2.75) is 51.5 Å². The highest BCUT2D eigenvalue weighted by atomic mass is 19.4. The number of carbonyl (C=O) groups is 1. The van der Waals surface area contributed by atoms with E-state index in [1.165, 1.54) is 12.1 Å². The number of alkyl halides is 3. The quantitative estimate of drug-likeness (QED) is 0.399. The van der Waals surface area contributed by atoms with Crippen LogP contribution in [0.4, 0.5) is 13.2 Å². The molecule has 0 aliphatic carbocycles. The van der Waals surface area contributed by atoms with Crippen LogP contribution in [0.1, 0.15) is 48.5 Å². The van der Waals surface area contributed by atoms with Crippen LogP contribution in [0.5, 0.6) is 5.75 Å². The van der Waals surface area contributed by atoms with Gasteiger partial charge in [-0.1, -0.05) is 50.1 Å². The zero-order chi connectivity index (χ0) is 19.7. The van der Waals surface area contributed by atoms with Crippen LogP contribution >= 0.6 is 0 Å². The van der Waals surface area contributed by atoms with Gasteiger partial charge in [-0.3, -0.25) is 0 Å². The van der Waals surface area contributed by atoms with Gasteiger partial charge in [0.2, 0.25) is 0 Å². The summed E-state index contributed by atoms with van der Waals surface area (Å²) in [5.41, 5.74) is 1.05. The molecule has 6 heteroatoms. The van der Waals surface area contributed by atoms with Crippen molar-refractivity contribution in [2.75, 3.05) is 0 Å². The first-order chi connectivity index (χ1) is 12.9. The number of rotatable bonds is 9. The summed E-state index contributed by atoms with van der Waals surface area (Å²) in [5.74, 6) is -0.464. The van der Waals surface area contributed by atoms with Gasteiger partial charge in [-0.25, -0.2) is 4.79 Å². The molecule has 2 rings (SSSR count). The predicted molar refractivity (Wildman–Crippen MR) is 96.6 cm³/mol. The summed E-state index contributed by atoms with van der Waals surface area (Å²) in [4.78, 5) is 12.1. The molecule has 0 bridgehead atoms. The monoisotopic (exact) mass is 380 g/mol. The molecule has 1 atom stereocenters. The van der Waals surface area contributed by atoms with Gasteiger partial charge in [-0.05, 0) is 42.7 Å². The van der Waals surface area contributed by atoms with E-state index in [2.05, 4.69) is 0 Å². The average molecular weight is 380 g/mol. The summed E-state index contributed by atoms with van der Waals surface area (Å²) in [6.45, 7) is 2.26. The van der Waals surface area contributed by atoms with E-state index in [1.54, 1.807) is 12.1 Å². The van der Waals surface area contributed by atoms with Gasteiger partial charge < -0.3 is 9.47 Å². The molecule has 0 aliphatic heterocycles. The van der Waals surface area contributed by atoms with Crippen LogP contribution in [0.3, 0.4) is 0 Å². The Morgan fingerprint density at radius 3 is 2.26 bits per heavy atom. The Hall–Kier alpha value is -2.50. The van der Waals surface area contributed by atoms with E-state index in [0.717, 1.165) is 12.0 Å². The van der Waals surface area contributed by atoms with E-state index in [0.29, 0.717) is 25.2 Å². The van der Waals surface area contributed by atoms with Crippen molar-refractivity contribution in [1.82, 2.24) is 0 Å². The van der Waals surface area contributed by atoms with E-state index < -0.39 is 18.2 Å². The van der Waals surface area contributed by atoms with E-state index in [-0.39, 0.29) is 12.0 Å². The van der Waals surface area contributed by atoms with Gasteiger partial charge in [-0.15, -0.1) is 0 Å². The molecule has 0 heterocycles. The first kappa shape index (κ1) is 20.8. The SMILES string of the molecule is CCCCCC(OC(=O)c1ccc(OCc2ccccc2)cc1)C(F)(F)F. The van der Waals surface area contributed by atoms with Crippen molar-refractivity contribution in [1.29, 1.82) is 0 Å². The molecule has 146 valence electrons. The lowest BCUT2D eigenvalue weighted by Crippen LogP contribution is -2.33. The molecule has 0 fully saturated rings. The lowest BCUT2D eigenvalue weighted by atomic mass is 10.1. The maximum atomic E-state index is 13.1. The van der Waals surface area contributed by atoms with Crippen molar-refractivity contribution < 1.29 is 27.4 Å². The minimum atomic E-state index is -4.57. The highest BCUT2D eigenvalue weighted by Gasteiger charge is 2.42. The topological polar surface area (TPSA) is 35.5 Å². The Balaban J connectivity index is 1.93. The van der Waals surface area contributed by atoms with Crippen LogP contribution in [0.15, 0.2) is 54.6 Å². The summed E-state index contributed by atoms with van der Waals surface area (Å²) in [7, 11) is 0. The molecule has 2 aromatic carbocycles. The van der Waals surface area contributed by atoms with Crippen LogP contribution in [-0.4, -0.2) is 18.2 Å². The molecule has 0 N–H and O–H groups in total. The Bertz CT molecular complexity index is 697. The Labute approximate surface area is 157 Å². The molecule has 27 heavy (non-hydrogen) atoms. The zero-order valence-corrected chi connectivity index (χ0v) is 15.2. The number of ether oxygens (including phenoxy) is 2. The summed E-state index contributed by atoms with van der Waals surface area (Å²) in [6, 6.07) is 15.4. The average Bonchev–Trinajstić information content (AvgIpc) is 2.66. The molecule has 3 nitrogen and oxygen atoms in total. The molecular formula is C21H23F3O3. The van der Waals surface area contributed by atoms with Gasteiger partial charge in [0, 0.05) is 0 Å². The predicted octanol–water partition coefficient (Wildman–Crippen LogP) is 5.93. The fourth-order valence-corrected chi connectivity index (χ4v) is 2.49. The first-order valence-electron chi connectivity index (χ1n) is 8.94. The van der Waals surface area contributed by atoms with Crippen molar-refractivity contribution in [3.63, 3.8) is 0 Å². The third kappa shape index (κ3) is 6.96.